The van der Waals surface area contributed by atoms with Gasteiger partial charge in [0.2, 0.25) is 0 Å². The summed E-state index contributed by atoms with van der Waals surface area (Å²) in [5, 5.41) is 6.82. The number of hydrogen-bond donors (Lipinski definition) is 0. The molecular weight excluding hydrogens is 717 g/mol. The molecule has 0 fully saturated rings. The molecule has 6 heteroatoms. The summed E-state index contributed by atoms with van der Waals surface area (Å²) in [6.07, 6.45) is 0. The molecule has 0 atom stereocenters. The minimum absolute atomic E-state index is 0.592. The van der Waals surface area contributed by atoms with Gasteiger partial charge < -0.3 is 8.98 Å². The largest absolute Gasteiger partial charge is 0.456 e. The zero-order chi connectivity index (χ0) is 37.5. The van der Waals surface area contributed by atoms with Crippen LogP contribution in [0, 0.1) is 0 Å². The average molecular weight is 747 g/mol. The van der Waals surface area contributed by atoms with Gasteiger partial charge in [-0.2, -0.15) is 0 Å². The Morgan fingerprint density at radius 1 is 0.404 bits per heavy atom. The lowest BCUT2D eigenvalue weighted by Gasteiger charge is -2.12. The highest BCUT2D eigenvalue weighted by Gasteiger charge is 2.23. The Kier molecular flexibility index (Phi) is 7.03. The van der Waals surface area contributed by atoms with Crippen LogP contribution in [0.3, 0.4) is 0 Å². The van der Waals surface area contributed by atoms with Crippen molar-refractivity contribution in [3.8, 4) is 51.0 Å². The fourth-order valence-electron chi connectivity index (χ4n) is 8.47. The van der Waals surface area contributed by atoms with Crippen LogP contribution in [0.25, 0.3) is 115 Å². The first-order valence-corrected chi connectivity index (χ1v) is 19.8. The van der Waals surface area contributed by atoms with Crippen LogP contribution in [0.15, 0.2) is 186 Å². The van der Waals surface area contributed by atoms with Crippen molar-refractivity contribution in [2.24, 2.45) is 0 Å². The third-order valence-corrected chi connectivity index (χ3v) is 12.2. The van der Waals surface area contributed by atoms with Gasteiger partial charge in [-0.3, -0.25) is 0 Å². The fourth-order valence-corrected chi connectivity index (χ4v) is 9.62. The van der Waals surface area contributed by atoms with Crippen molar-refractivity contribution >= 4 is 75.3 Å². The number of thiophene rings is 1. The van der Waals surface area contributed by atoms with Gasteiger partial charge in [-0.1, -0.05) is 133 Å². The van der Waals surface area contributed by atoms with E-state index in [-0.39, 0.29) is 0 Å². The van der Waals surface area contributed by atoms with Gasteiger partial charge in [0.15, 0.2) is 17.5 Å². The predicted octanol–water partition coefficient (Wildman–Crippen LogP) is 13.9. The van der Waals surface area contributed by atoms with Crippen molar-refractivity contribution in [2.75, 3.05) is 0 Å². The topological polar surface area (TPSA) is 56.7 Å². The van der Waals surface area contributed by atoms with Crippen LogP contribution in [0.5, 0.6) is 0 Å². The van der Waals surface area contributed by atoms with E-state index < -0.39 is 0 Å². The fraction of sp³-hybridized carbons (Fsp3) is 0. The summed E-state index contributed by atoms with van der Waals surface area (Å²) in [5.74, 6) is 1.84. The second-order valence-corrected chi connectivity index (χ2v) is 15.4. The van der Waals surface area contributed by atoms with Gasteiger partial charge in [0, 0.05) is 58.7 Å². The Bertz CT molecular complexity index is 3530. The van der Waals surface area contributed by atoms with E-state index in [4.69, 9.17) is 19.4 Å². The lowest BCUT2D eigenvalue weighted by Crippen LogP contribution is -2.00. The number of para-hydroxylation sites is 1. The van der Waals surface area contributed by atoms with Gasteiger partial charge in [-0.15, -0.1) is 11.3 Å². The van der Waals surface area contributed by atoms with Crippen LogP contribution in [0.4, 0.5) is 0 Å². The second kappa shape index (κ2) is 12.6. The van der Waals surface area contributed by atoms with Crippen LogP contribution in [0.2, 0.25) is 0 Å². The van der Waals surface area contributed by atoms with E-state index in [9.17, 15) is 0 Å². The summed E-state index contributed by atoms with van der Waals surface area (Å²) in [5.41, 5.74) is 9.96. The van der Waals surface area contributed by atoms with E-state index >= 15 is 0 Å². The van der Waals surface area contributed by atoms with Crippen LogP contribution in [-0.2, 0) is 0 Å². The lowest BCUT2D eigenvalue weighted by molar-refractivity contribution is 0.669. The maximum atomic E-state index is 6.73. The Labute approximate surface area is 330 Å². The molecule has 0 radical (unpaired) electrons. The molecule has 266 valence electrons. The molecule has 0 spiro atoms. The molecule has 57 heavy (non-hydrogen) atoms. The van der Waals surface area contributed by atoms with E-state index in [1.165, 1.54) is 31.1 Å². The first-order valence-electron chi connectivity index (χ1n) is 19.0. The second-order valence-electron chi connectivity index (χ2n) is 14.4. The third kappa shape index (κ3) is 5.04. The number of hydrogen-bond acceptors (Lipinski definition) is 5. The molecule has 4 heterocycles. The van der Waals surface area contributed by atoms with Gasteiger partial charge in [-0.25, -0.2) is 15.0 Å². The smallest absolute Gasteiger partial charge is 0.164 e. The molecule has 4 aromatic heterocycles. The van der Waals surface area contributed by atoms with Gasteiger partial charge in [0.25, 0.3) is 0 Å². The Hall–Kier alpha value is -7.41. The molecule has 0 bridgehead atoms. The Morgan fingerprint density at radius 3 is 1.91 bits per heavy atom. The summed E-state index contributed by atoms with van der Waals surface area (Å²) in [6, 6.07) is 63.7. The summed E-state index contributed by atoms with van der Waals surface area (Å²) in [6.45, 7) is 0. The van der Waals surface area contributed by atoms with Crippen molar-refractivity contribution in [3.05, 3.63) is 182 Å². The number of aromatic nitrogens is 4. The van der Waals surface area contributed by atoms with Crippen molar-refractivity contribution in [1.29, 1.82) is 0 Å². The molecular formula is C51H30N4OS. The minimum atomic E-state index is 0.592. The number of benzene rings is 8. The van der Waals surface area contributed by atoms with E-state index in [0.717, 1.165) is 66.3 Å². The van der Waals surface area contributed by atoms with Gasteiger partial charge in [-0.05, 0) is 59.7 Å². The van der Waals surface area contributed by atoms with Crippen LogP contribution in [-0.4, -0.2) is 19.5 Å². The van der Waals surface area contributed by atoms with Gasteiger partial charge in [0.1, 0.15) is 11.2 Å². The van der Waals surface area contributed by atoms with Crippen LogP contribution < -0.4 is 0 Å². The first kappa shape index (κ1) is 31.9. The summed E-state index contributed by atoms with van der Waals surface area (Å²) in [4.78, 5) is 15.6. The number of fused-ring (bicyclic) bond motifs is 10. The van der Waals surface area contributed by atoms with E-state index in [1.807, 2.05) is 30.3 Å². The minimum Gasteiger partial charge on any atom is -0.456 e. The molecule has 8 aromatic carbocycles. The number of furan rings is 1. The first-order chi connectivity index (χ1) is 28.2. The summed E-state index contributed by atoms with van der Waals surface area (Å²) in [7, 11) is 0. The lowest BCUT2D eigenvalue weighted by atomic mass is 10.0. The standard InChI is InChI=1S/C51H30N4OS/c1-3-13-31(14-4-1)33-17-11-18-35(29-33)55-41-22-9-7-19-36(41)39-27-28-43-47(48(39)55)46-40(21-12-23-42(46)56-43)51-53-49(32-15-5-2-6-16-32)52-50(54-51)34-25-26-38-37-20-8-10-24-44(37)57-45(38)30-34/h1-30H. The maximum Gasteiger partial charge on any atom is 0.164 e. The molecule has 12 aromatic rings. The number of nitrogens with zero attached hydrogens (tertiary/aromatic N) is 4. The third-order valence-electron chi connectivity index (χ3n) is 11.1. The van der Waals surface area contributed by atoms with E-state index in [2.05, 4.69) is 156 Å². The highest BCUT2D eigenvalue weighted by Crippen LogP contribution is 2.44. The SMILES string of the molecule is c1ccc(-c2cccc(-n3c4ccccc4c4ccc5oc6cccc(-c7nc(-c8ccccc8)nc(-c8ccc9c(c8)sc8ccccc89)n7)c6c5c43)c2)cc1. The van der Waals surface area contributed by atoms with Crippen LogP contribution >= 0.6 is 11.3 Å². The summed E-state index contributed by atoms with van der Waals surface area (Å²) < 4.78 is 11.6. The van der Waals surface area contributed by atoms with Crippen molar-refractivity contribution in [2.45, 2.75) is 0 Å². The highest BCUT2D eigenvalue weighted by atomic mass is 32.1. The maximum absolute atomic E-state index is 6.73. The average Bonchev–Trinajstić information content (AvgIpc) is 3.96. The molecule has 5 nitrogen and oxygen atoms in total. The summed E-state index contributed by atoms with van der Waals surface area (Å²) >= 11 is 1.79. The normalized spacial score (nSPS) is 11.9. The monoisotopic (exact) mass is 746 g/mol. The number of rotatable bonds is 5. The van der Waals surface area contributed by atoms with Crippen molar-refractivity contribution < 1.29 is 4.42 Å². The quantitative estimate of drug-likeness (QED) is 0.176. The van der Waals surface area contributed by atoms with Crippen molar-refractivity contribution in [1.82, 2.24) is 19.5 Å². The highest BCUT2D eigenvalue weighted by molar-refractivity contribution is 7.25. The zero-order valence-electron chi connectivity index (χ0n) is 30.4. The predicted molar refractivity (Wildman–Crippen MR) is 236 cm³/mol. The molecule has 12 rings (SSSR count). The Morgan fingerprint density at radius 2 is 1.05 bits per heavy atom. The van der Waals surface area contributed by atoms with Crippen molar-refractivity contribution in [3.63, 3.8) is 0 Å². The molecule has 0 saturated carbocycles. The van der Waals surface area contributed by atoms with E-state index in [1.54, 1.807) is 11.3 Å². The van der Waals surface area contributed by atoms with Gasteiger partial charge >= 0.3 is 0 Å². The molecule has 0 amide bonds. The molecule has 0 unspecified atom stereocenters. The molecule has 0 N–H and O–H groups in total. The Balaban J connectivity index is 1.14. The molecule has 0 aliphatic heterocycles. The van der Waals surface area contributed by atoms with Gasteiger partial charge in [0.05, 0.1) is 16.4 Å². The van der Waals surface area contributed by atoms with E-state index in [0.29, 0.717) is 17.5 Å². The molecule has 0 aliphatic rings. The molecule has 0 aliphatic carbocycles. The van der Waals surface area contributed by atoms with Crippen LogP contribution in [0.1, 0.15) is 0 Å². The zero-order valence-corrected chi connectivity index (χ0v) is 31.2. The molecule has 0 saturated heterocycles.